The molecule has 1 N–H and O–H groups in total. The minimum absolute atomic E-state index is 0.0720. The van der Waals surface area contributed by atoms with Gasteiger partial charge in [0.25, 0.3) is 0 Å². The normalized spacial score (nSPS) is 16.7. The molecule has 1 unspecified atom stereocenters. The van der Waals surface area contributed by atoms with Gasteiger partial charge in [-0.3, -0.25) is 9.79 Å². The molecule has 212 valence electrons. The zero-order valence-corrected chi connectivity index (χ0v) is 21.9. The van der Waals surface area contributed by atoms with Crippen LogP contribution in [0, 0.1) is 0 Å². The van der Waals surface area contributed by atoms with Gasteiger partial charge in [0.1, 0.15) is 6.61 Å². The molecule has 1 atom stereocenters. The molecule has 0 aromatic heterocycles. The molecule has 12 heteroatoms. The lowest BCUT2D eigenvalue weighted by molar-refractivity contribution is -0.143. The van der Waals surface area contributed by atoms with Crippen molar-refractivity contribution < 1.29 is 40.6 Å². The fourth-order valence-corrected chi connectivity index (χ4v) is 5.05. The second kappa shape index (κ2) is 12.2. The van der Waals surface area contributed by atoms with Crippen LogP contribution in [0.25, 0.3) is 0 Å². The zero-order valence-electron chi connectivity index (χ0n) is 21.1. The van der Waals surface area contributed by atoms with Gasteiger partial charge in [-0.1, -0.05) is 54.2 Å². The van der Waals surface area contributed by atoms with E-state index < -0.39 is 40.9 Å². The minimum Gasteiger partial charge on any atom is -0.493 e. The summed E-state index contributed by atoms with van der Waals surface area (Å²) in [7, 11) is 1.35. The number of carbonyl (C=O) groups excluding carboxylic acids is 1. The number of carbonyl (C=O) groups is 1. The number of nitrogens with zero attached hydrogens (tertiary/aromatic N) is 1. The number of rotatable bonds is 9. The lowest BCUT2D eigenvalue weighted by atomic mass is 10.0. The van der Waals surface area contributed by atoms with Crippen LogP contribution in [0.3, 0.4) is 0 Å². The third-order valence-electron chi connectivity index (χ3n) is 6.05. The van der Waals surface area contributed by atoms with E-state index in [0.29, 0.717) is 29.8 Å². The molecular formula is C28H24F6N2O3S. The van der Waals surface area contributed by atoms with Gasteiger partial charge in [0.15, 0.2) is 16.7 Å². The number of amidine groups is 1. The van der Waals surface area contributed by atoms with Crippen molar-refractivity contribution in [1.82, 2.24) is 5.32 Å². The Labute approximate surface area is 230 Å². The van der Waals surface area contributed by atoms with Crippen LogP contribution in [-0.2, 0) is 36.6 Å². The first kappa shape index (κ1) is 29.3. The van der Waals surface area contributed by atoms with E-state index in [2.05, 4.69) is 10.3 Å². The number of ether oxygens (including phenoxy) is 2. The van der Waals surface area contributed by atoms with Crippen LogP contribution >= 0.6 is 11.8 Å². The Bertz CT molecular complexity index is 1380. The molecule has 0 radical (unpaired) electrons. The van der Waals surface area contributed by atoms with E-state index in [1.54, 1.807) is 12.1 Å². The summed E-state index contributed by atoms with van der Waals surface area (Å²) in [5, 5.41) is 2.88. The van der Waals surface area contributed by atoms with E-state index in [9.17, 15) is 31.1 Å². The SMILES string of the molecule is COc1cc(CC2SC(=NCCc3ccccc3)NC2=O)ccc1OCc1ccc(C(F)(F)F)cc1C(F)(F)F. The number of thioether (sulfide) groups is 1. The van der Waals surface area contributed by atoms with Gasteiger partial charge in [-0.2, -0.15) is 26.3 Å². The molecule has 4 rings (SSSR count). The molecule has 0 bridgehead atoms. The molecule has 40 heavy (non-hydrogen) atoms. The molecule has 3 aromatic carbocycles. The maximum atomic E-state index is 13.4. The van der Waals surface area contributed by atoms with Gasteiger partial charge in [-0.15, -0.1) is 0 Å². The largest absolute Gasteiger partial charge is 0.493 e. The van der Waals surface area contributed by atoms with Gasteiger partial charge < -0.3 is 14.8 Å². The average Bonchev–Trinajstić information content (AvgIpc) is 3.25. The van der Waals surface area contributed by atoms with Gasteiger partial charge in [0, 0.05) is 12.1 Å². The number of methoxy groups -OCH3 is 1. The Balaban J connectivity index is 1.40. The molecule has 1 amide bonds. The molecule has 0 spiro atoms. The Kier molecular flexibility index (Phi) is 8.97. The predicted molar refractivity (Wildman–Crippen MR) is 139 cm³/mol. The second-order valence-corrected chi connectivity index (χ2v) is 10.1. The van der Waals surface area contributed by atoms with Crippen molar-refractivity contribution >= 4 is 22.8 Å². The Morgan fingerprint density at radius 2 is 1.65 bits per heavy atom. The van der Waals surface area contributed by atoms with Crippen LogP contribution in [0.4, 0.5) is 26.3 Å². The third kappa shape index (κ3) is 7.50. The number of alkyl halides is 6. The Morgan fingerprint density at radius 1 is 0.900 bits per heavy atom. The monoisotopic (exact) mass is 582 g/mol. The number of hydrogen-bond donors (Lipinski definition) is 1. The highest BCUT2D eigenvalue weighted by Gasteiger charge is 2.38. The highest BCUT2D eigenvalue weighted by Crippen LogP contribution is 2.38. The Hall–Kier alpha value is -3.67. The van der Waals surface area contributed by atoms with Crippen molar-refractivity contribution in [3.05, 3.63) is 94.5 Å². The van der Waals surface area contributed by atoms with Crippen molar-refractivity contribution in [3.63, 3.8) is 0 Å². The zero-order chi connectivity index (χ0) is 28.9. The lowest BCUT2D eigenvalue weighted by Gasteiger charge is -2.17. The Morgan fingerprint density at radius 3 is 2.33 bits per heavy atom. The van der Waals surface area contributed by atoms with E-state index in [0.717, 1.165) is 18.1 Å². The molecule has 3 aromatic rings. The van der Waals surface area contributed by atoms with Crippen LogP contribution < -0.4 is 14.8 Å². The van der Waals surface area contributed by atoms with Crippen LogP contribution in [0.2, 0.25) is 0 Å². The number of benzene rings is 3. The quantitative estimate of drug-likeness (QED) is 0.286. The maximum absolute atomic E-state index is 13.4. The predicted octanol–water partition coefficient (Wildman–Crippen LogP) is 6.68. The third-order valence-corrected chi connectivity index (χ3v) is 7.17. The molecule has 1 heterocycles. The summed E-state index contributed by atoms with van der Waals surface area (Å²) in [6.45, 7) is -0.111. The van der Waals surface area contributed by atoms with Crippen molar-refractivity contribution in [2.75, 3.05) is 13.7 Å². The molecule has 1 aliphatic rings. The maximum Gasteiger partial charge on any atom is 0.416 e. The molecule has 0 saturated carbocycles. The summed E-state index contributed by atoms with van der Waals surface area (Å²) in [6.07, 6.45) is -8.85. The number of aliphatic imine (C=N–C) groups is 1. The molecule has 1 saturated heterocycles. The summed E-state index contributed by atoms with van der Waals surface area (Å²) in [6, 6.07) is 16.0. The van der Waals surface area contributed by atoms with Gasteiger partial charge in [0.05, 0.1) is 23.5 Å². The van der Waals surface area contributed by atoms with Gasteiger partial charge in [-0.25, -0.2) is 0 Å². The fraction of sp³-hybridized carbons (Fsp3) is 0.286. The van der Waals surface area contributed by atoms with E-state index in [1.807, 2.05) is 30.3 Å². The second-order valence-electron chi connectivity index (χ2n) is 8.86. The molecular weight excluding hydrogens is 558 g/mol. The van der Waals surface area contributed by atoms with E-state index in [-0.39, 0.29) is 23.5 Å². The topological polar surface area (TPSA) is 59.9 Å². The fourth-order valence-electron chi connectivity index (χ4n) is 4.02. The number of nitrogens with one attached hydrogen (secondary N) is 1. The summed E-state index contributed by atoms with van der Waals surface area (Å²) < 4.78 is 90.0. The van der Waals surface area contributed by atoms with Crippen molar-refractivity contribution in [2.24, 2.45) is 4.99 Å². The summed E-state index contributed by atoms with van der Waals surface area (Å²) in [5.41, 5.74) is -1.43. The minimum atomic E-state index is -5.00. The number of halogens is 6. The smallest absolute Gasteiger partial charge is 0.416 e. The first-order chi connectivity index (χ1) is 18.9. The van der Waals surface area contributed by atoms with Crippen LogP contribution in [0.15, 0.2) is 71.7 Å². The van der Waals surface area contributed by atoms with Gasteiger partial charge >= 0.3 is 12.4 Å². The number of hydrogen-bond acceptors (Lipinski definition) is 5. The molecule has 1 aliphatic heterocycles. The average molecular weight is 583 g/mol. The van der Waals surface area contributed by atoms with Crippen LogP contribution in [0.5, 0.6) is 11.5 Å². The van der Waals surface area contributed by atoms with Gasteiger partial charge in [0.2, 0.25) is 5.91 Å². The standard InChI is InChI=1S/C28H24F6N2O3S/c1-38-23-13-18(14-24-25(37)36-26(40-24)35-12-11-17-5-3-2-4-6-17)7-10-22(23)39-16-19-8-9-20(27(29,30)31)15-21(19)28(32,33)34/h2-10,13,15,24H,11-12,14,16H2,1H3,(H,35,36,37). The van der Waals surface area contributed by atoms with Crippen LogP contribution in [-0.4, -0.2) is 30.0 Å². The van der Waals surface area contributed by atoms with E-state index in [1.165, 1.54) is 24.9 Å². The van der Waals surface area contributed by atoms with Crippen molar-refractivity contribution in [3.8, 4) is 11.5 Å². The highest BCUT2D eigenvalue weighted by molar-refractivity contribution is 8.15. The lowest BCUT2D eigenvalue weighted by Crippen LogP contribution is -2.26. The van der Waals surface area contributed by atoms with Crippen molar-refractivity contribution in [1.29, 1.82) is 0 Å². The van der Waals surface area contributed by atoms with E-state index >= 15 is 0 Å². The summed E-state index contributed by atoms with van der Waals surface area (Å²) in [5.74, 6) is 0.119. The first-order valence-corrected chi connectivity index (χ1v) is 12.9. The summed E-state index contributed by atoms with van der Waals surface area (Å²) >= 11 is 1.31. The van der Waals surface area contributed by atoms with E-state index in [4.69, 9.17) is 9.47 Å². The molecule has 5 nitrogen and oxygen atoms in total. The van der Waals surface area contributed by atoms with Crippen LogP contribution in [0.1, 0.15) is 27.8 Å². The van der Waals surface area contributed by atoms with Crippen molar-refractivity contribution in [2.45, 2.75) is 37.1 Å². The summed E-state index contributed by atoms with van der Waals surface area (Å²) in [4.78, 5) is 16.9. The molecule has 0 aliphatic carbocycles. The molecule has 1 fully saturated rings. The number of amides is 1. The highest BCUT2D eigenvalue weighted by atomic mass is 32.2. The van der Waals surface area contributed by atoms with Gasteiger partial charge in [-0.05, 0) is 48.2 Å². The first-order valence-electron chi connectivity index (χ1n) is 12.1.